The van der Waals surface area contributed by atoms with E-state index in [0.29, 0.717) is 17.1 Å². The topological polar surface area (TPSA) is 92.0 Å². The molecule has 0 saturated heterocycles. The van der Waals surface area contributed by atoms with Gasteiger partial charge in [0, 0.05) is 6.54 Å². The highest BCUT2D eigenvalue weighted by Gasteiger charge is 2.37. The van der Waals surface area contributed by atoms with Gasteiger partial charge in [0.25, 0.3) is 0 Å². The summed E-state index contributed by atoms with van der Waals surface area (Å²) >= 11 is 0. The van der Waals surface area contributed by atoms with Crippen molar-refractivity contribution in [2.75, 3.05) is 13.7 Å². The van der Waals surface area contributed by atoms with Crippen molar-refractivity contribution in [3.05, 3.63) is 46.1 Å². The molecular formula is C22H29N3O6. The van der Waals surface area contributed by atoms with Crippen LogP contribution in [0, 0.1) is 0 Å². The Hall–Kier alpha value is -3.23. The van der Waals surface area contributed by atoms with Gasteiger partial charge in [-0.1, -0.05) is 0 Å². The zero-order chi connectivity index (χ0) is 22.9. The molecule has 1 amide bonds. The van der Waals surface area contributed by atoms with E-state index in [1.165, 1.54) is 14.0 Å². The monoisotopic (exact) mass is 431 g/mol. The number of carbonyl (C=O) groups is 2. The average Bonchev–Trinajstić information content (AvgIpc) is 2.98. The number of carbonyl (C=O) groups excluding carboxylic acids is 2. The summed E-state index contributed by atoms with van der Waals surface area (Å²) in [5.74, 6) is 0.00559. The van der Waals surface area contributed by atoms with E-state index in [4.69, 9.17) is 14.2 Å². The quantitative estimate of drug-likeness (QED) is 0.691. The minimum absolute atomic E-state index is 0.0582. The Labute approximate surface area is 181 Å². The summed E-state index contributed by atoms with van der Waals surface area (Å²) in [5, 5.41) is 0. The number of ether oxygens (including phenoxy) is 3. The lowest BCUT2D eigenvalue weighted by atomic mass is 10.1. The van der Waals surface area contributed by atoms with E-state index in [9.17, 15) is 14.4 Å². The van der Waals surface area contributed by atoms with E-state index in [0.717, 1.165) is 0 Å². The van der Waals surface area contributed by atoms with Crippen LogP contribution in [0.25, 0.3) is 5.69 Å². The highest BCUT2D eigenvalue weighted by atomic mass is 16.6. The second-order valence-electron chi connectivity index (χ2n) is 8.40. The minimum atomic E-state index is -0.660. The summed E-state index contributed by atoms with van der Waals surface area (Å²) < 4.78 is 18.8. The normalized spacial score (nSPS) is 15.9. The van der Waals surface area contributed by atoms with Gasteiger partial charge in [-0.15, -0.1) is 0 Å². The number of benzene rings is 1. The lowest BCUT2D eigenvalue weighted by Crippen LogP contribution is -2.48. The first-order valence-electron chi connectivity index (χ1n) is 10.2. The predicted octanol–water partition coefficient (Wildman–Crippen LogP) is 2.96. The number of methoxy groups -OCH3 is 1. The minimum Gasteiger partial charge on any atom is -0.497 e. The van der Waals surface area contributed by atoms with Crippen molar-refractivity contribution in [3.8, 4) is 11.4 Å². The number of nitrogens with zero attached hydrogens (tertiary/aromatic N) is 3. The van der Waals surface area contributed by atoms with Crippen LogP contribution in [0.5, 0.6) is 5.75 Å². The Morgan fingerprint density at radius 1 is 1.16 bits per heavy atom. The molecule has 1 aliphatic rings. The van der Waals surface area contributed by atoms with E-state index in [1.807, 2.05) is 6.92 Å². The number of fused-ring (bicyclic) bond motifs is 1. The molecule has 1 unspecified atom stereocenters. The van der Waals surface area contributed by atoms with Crippen LogP contribution in [0.15, 0.2) is 29.1 Å². The third kappa shape index (κ3) is 4.45. The third-order valence-electron chi connectivity index (χ3n) is 4.97. The molecule has 1 atom stereocenters. The summed E-state index contributed by atoms with van der Waals surface area (Å²) in [6.07, 6.45) is -0.495. The Morgan fingerprint density at radius 3 is 2.35 bits per heavy atom. The molecule has 0 N–H and O–H groups in total. The first-order valence-corrected chi connectivity index (χ1v) is 10.2. The van der Waals surface area contributed by atoms with Crippen LogP contribution in [-0.2, 0) is 22.6 Å². The predicted molar refractivity (Wildman–Crippen MR) is 114 cm³/mol. The van der Waals surface area contributed by atoms with E-state index in [-0.39, 0.29) is 37.1 Å². The van der Waals surface area contributed by atoms with Gasteiger partial charge in [-0.3, -0.25) is 14.0 Å². The Balaban J connectivity index is 2.12. The number of hydrogen-bond acceptors (Lipinski definition) is 6. The van der Waals surface area contributed by atoms with Crippen molar-refractivity contribution in [2.24, 2.45) is 0 Å². The summed E-state index contributed by atoms with van der Waals surface area (Å²) in [4.78, 5) is 40.5. The molecule has 2 aromatic rings. The fraction of sp³-hybridized carbons (Fsp3) is 0.500. The molecule has 3 rings (SSSR count). The van der Waals surface area contributed by atoms with Crippen LogP contribution in [0.2, 0.25) is 0 Å². The first kappa shape index (κ1) is 22.5. The molecule has 31 heavy (non-hydrogen) atoms. The molecule has 0 bridgehead atoms. The molecule has 0 radical (unpaired) electrons. The van der Waals surface area contributed by atoms with Crippen molar-refractivity contribution >= 4 is 12.1 Å². The molecule has 0 saturated carbocycles. The van der Waals surface area contributed by atoms with E-state index in [1.54, 1.807) is 59.1 Å². The largest absolute Gasteiger partial charge is 0.497 e. The van der Waals surface area contributed by atoms with Gasteiger partial charge < -0.3 is 14.2 Å². The van der Waals surface area contributed by atoms with Crippen LogP contribution >= 0.6 is 0 Å². The fourth-order valence-corrected chi connectivity index (χ4v) is 3.56. The van der Waals surface area contributed by atoms with Gasteiger partial charge in [-0.2, -0.15) is 0 Å². The van der Waals surface area contributed by atoms with Crippen LogP contribution in [0.3, 0.4) is 0 Å². The maximum absolute atomic E-state index is 13.3. The summed E-state index contributed by atoms with van der Waals surface area (Å²) in [6, 6.07) is 6.53. The fourth-order valence-electron chi connectivity index (χ4n) is 3.56. The standard InChI is InChI=1S/C22H29N3O6/c1-7-30-19(26)18-17-13-23(21(28)31-22(3,4)5)14(2)12-24(17)20(27)25(18)15-8-10-16(29-6)11-9-15/h8-11,14H,7,12-13H2,1-6H3. The van der Waals surface area contributed by atoms with Gasteiger partial charge in [0.05, 0.1) is 37.7 Å². The van der Waals surface area contributed by atoms with Gasteiger partial charge in [0.15, 0.2) is 5.69 Å². The summed E-state index contributed by atoms with van der Waals surface area (Å²) in [5.41, 5.74) is 0.0132. The Kier molecular flexibility index (Phi) is 6.15. The van der Waals surface area contributed by atoms with Gasteiger partial charge in [-0.25, -0.2) is 14.4 Å². The summed E-state index contributed by atoms with van der Waals surface area (Å²) in [6.45, 7) is 9.37. The molecule has 0 spiro atoms. The number of amides is 1. The second-order valence-corrected chi connectivity index (χ2v) is 8.40. The Morgan fingerprint density at radius 2 is 1.81 bits per heavy atom. The second kappa shape index (κ2) is 8.49. The van der Waals surface area contributed by atoms with Crippen LogP contribution < -0.4 is 10.4 Å². The maximum Gasteiger partial charge on any atom is 0.410 e. The molecule has 2 heterocycles. The van der Waals surface area contributed by atoms with Crippen LogP contribution in [0.1, 0.15) is 50.8 Å². The molecule has 9 nitrogen and oxygen atoms in total. The van der Waals surface area contributed by atoms with Gasteiger partial charge in [0.2, 0.25) is 0 Å². The van der Waals surface area contributed by atoms with Gasteiger partial charge in [0.1, 0.15) is 11.4 Å². The smallest absolute Gasteiger partial charge is 0.410 e. The summed E-state index contributed by atoms with van der Waals surface area (Å²) in [7, 11) is 1.55. The number of imidazole rings is 1. The zero-order valence-corrected chi connectivity index (χ0v) is 18.8. The van der Waals surface area contributed by atoms with Crippen molar-refractivity contribution in [1.82, 2.24) is 14.0 Å². The maximum atomic E-state index is 13.3. The molecular weight excluding hydrogens is 402 g/mol. The van der Waals surface area contributed by atoms with Crippen molar-refractivity contribution < 1.29 is 23.8 Å². The molecule has 0 aliphatic carbocycles. The number of aromatic nitrogens is 2. The third-order valence-corrected chi connectivity index (χ3v) is 4.97. The zero-order valence-electron chi connectivity index (χ0n) is 18.8. The van der Waals surface area contributed by atoms with Crippen molar-refractivity contribution in [3.63, 3.8) is 0 Å². The van der Waals surface area contributed by atoms with Crippen LogP contribution in [-0.4, -0.2) is 51.5 Å². The molecule has 1 aliphatic heterocycles. The molecule has 0 fully saturated rings. The molecule has 1 aromatic heterocycles. The SMILES string of the molecule is CCOC(=O)c1c2n(c(=O)n1-c1ccc(OC)cc1)CC(C)N(C(=O)OC(C)(C)C)C2. The lowest BCUT2D eigenvalue weighted by Gasteiger charge is -2.35. The van der Waals surface area contributed by atoms with E-state index >= 15 is 0 Å². The van der Waals surface area contributed by atoms with Crippen molar-refractivity contribution in [2.45, 2.75) is 59.4 Å². The lowest BCUT2D eigenvalue weighted by molar-refractivity contribution is 0.00925. The highest BCUT2D eigenvalue weighted by molar-refractivity contribution is 5.90. The van der Waals surface area contributed by atoms with E-state index < -0.39 is 17.7 Å². The van der Waals surface area contributed by atoms with Crippen molar-refractivity contribution in [1.29, 1.82) is 0 Å². The van der Waals surface area contributed by atoms with Gasteiger partial charge >= 0.3 is 17.8 Å². The number of hydrogen-bond donors (Lipinski definition) is 0. The average molecular weight is 431 g/mol. The Bertz CT molecular complexity index is 1030. The van der Waals surface area contributed by atoms with E-state index in [2.05, 4.69) is 0 Å². The van der Waals surface area contributed by atoms with Crippen LogP contribution in [0.4, 0.5) is 4.79 Å². The molecule has 168 valence electrons. The number of esters is 1. The van der Waals surface area contributed by atoms with Gasteiger partial charge in [-0.05, 0) is 58.9 Å². The highest BCUT2D eigenvalue weighted by Crippen LogP contribution is 2.25. The molecule has 1 aromatic carbocycles. The first-order chi connectivity index (χ1) is 14.6. The number of rotatable bonds is 4. The molecule has 9 heteroatoms.